The lowest BCUT2D eigenvalue weighted by Gasteiger charge is -2.10. The second-order valence-corrected chi connectivity index (χ2v) is 5.91. The molecule has 0 atom stereocenters. The lowest BCUT2D eigenvalue weighted by atomic mass is 10.1. The van der Waals surface area contributed by atoms with Crippen LogP contribution < -0.4 is 20.1 Å². The van der Waals surface area contributed by atoms with Gasteiger partial charge in [-0.1, -0.05) is 6.07 Å². The van der Waals surface area contributed by atoms with Crippen molar-refractivity contribution < 1.29 is 24.0 Å². The van der Waals surface area contributed by atoms with Gasteiger partial charge in [0.05, 0.1) is 24.8 Å². The van der Waals surface area contributed by atoms with Crippen LogP contribution in [0.1, 0.15) is 22.3 Å². The first-order valence-corrected chi connectivity index (χ1v) is 8.40. The molecule has 2 N–H and O–H groups in total. The van der Waals surface area contributed by atoms with Gasteiger partial charge in [0.25, 0.3) is 11.6 Å². The number of non-ortho nitro benzene ring substituents is 1. The van der Waals surface area contributed by atoms with E-state index >= 15 is 0 Å². The third-order valence-corrected chi connectivity index (χ3v) is 3.96. The van der Waals surface area contributed by atoms with Crippen LogP contribution in [0.5, 0.6) is 11.5 Å². The van der Waals surface area contributed by atoms with E-state index in [9.17, 15) is 19.7 Å². The van der Waals surface area contributed by atoms with E-state index in [2.05, 4.69) is 10.6 Å². The van der Waals surface area contributed by atoms with Gasteiger partial charge in [-0.3, -0.25) is 19.7 Å². The summed E-state index contributed by atoms with van der Waals surface area (Å²) in [5, 5.41) is 16.1. The van der Waals surface area contributed by atoms with E-state index in [-0.39, 0.29) is 30.5 Å². The van der Waals surface area contributed by atoms with Gasteiger partial charge in [0.15, 0.2) is 0 Å². The molecule has 2 rings (SSSR count). The number of hydrogen-bond acceptors (Lipinski definition) is 6. The molecule has 0 aliphatic carbocycles. The van der Waals surface area contributed by atoms with Gasteiger partial charge >= 0.3 is 0 Å². The molecular weight excluding hydrogens is 366 g/mol. The summed E-state index contributed by atoms with van der Waals surface area (Å²) < 4.78 is 10.2. The Balaban J connectivity index is 1.93. The highest BCUT2D eigenvalue weighted by atomic mass is 16.6. The highest BCUT2D eigenvalue weighted by Gasteiger charge is 2.13. The fourth-order valence-electron chi connectivity index (χ4n) is 2.40. The lowest BCUT2D eigenvalue weighted by molar-refractivity contribution is -0.384. The first-order chi connectivity index (χ1) is 13.3. The Bertz CT molecular complexity index is 875. The number of benzene rings is 2. The second kappa shape index (κ2) is 9.36. The van der Waals surface area contributed by atoms with Gasteiger partial charge in [0.1, 0.15) is 11.5 Å². The summed E-state index contributed by atoms with van der Waals surface area (Å²) in [6.07, 6.45) is 0.00890. The van der Waals surface area contributed by atoms with Crippen LogP contribution in [0.25, 0.3) is 0 Å². The van der Waals surface area contributed by atoms with Crippen molar-refractivity contribution in [3.8, 4) is 11.5 Å². The highest BCUT2D eigenvalue weighted by Crippen LogP contribution is 2.23. The van der Waals surface area contributed by atoms with Crippen LogP contribution in [0.2, 0.25) is 0 Å². The highest BCUT2D eigenvalue weighted by molar-refractivity contribution is 5.96. The Kier molecular flexibility index (Phi) is 6.91. The SMILES string of the molecule is COc1cc(OC)cc(C(=O)NCCC(=O)Nc2cc([N+](=O)[O-])ccc2C)c1. The Labute approximate surface area is 161 Å². The van der Waals surface area contributed by atoms with Crippen LogP contribution in [0.4, 0.5) is 11.4 Å². The maximum atomic E-state index is 12.3. The van der Waals surface area contributed by atoms with Crippen LogP contribution in [-0.4, -0.2) is 37.5 Å². The molecule has 0 heterocycles. The number of nitro benzene ring substituents is 1. The Hall–Kier alpha value is -3.62. The van der Waals surface area contributed by atoms with Crippen molar-refractivity contribution in [1.29, 1.82) is 0 Å². The standard InChI is InChI=1S/C19H21N3O6/c1-12-4-5-14(22(25)26)10-17(12)21-18(23)6-7-20-19(24)13-8-15(27-2)11-16(9-13)28-3/h4-5,8-11H,6-7H2,1-3H3,(H,20,24)(H,21,23). The zero-order valence-corrected chi connectivity index (χ0v) is 15.8. The Morgan fingerprint density at radius 1 is 1.07 bits per heavy atom. The molecule has 0 radical (unpaired) electrons. The summed E-state index contributed by atoms with van der Waals surface area (Å²) in [6.45, 7) is 1.83. The minimum atomic E-state index is -0.530. The molecule has 0 fully saturated rings. The maximum absolute atomic E-state index is 12.3. The second-order valence-electron chi connectivity index (χ2n) is 5.91. The van der Waals surface area contributed by atoms with Crippen molar-refractivity contribution in [2.75, 3.05) is 26.1 Å². The first kappa shape index (κ1) is 20.7. The normalized spacial score (nSPS) is 10.1. The van der Waals surface area contributed by atoms with E-state index in [0.29, 0.717) is 28.3 Å². The van der Waals surface area contributed by atoms with Gasteiger partial charge in [-0.25, -0.2) is 0 Å². The van der Waals surface area contributed by atoms with Gasteiger partial charge in [0, 0.05) is 36.7 Å². The van der Waals surface area contributed by atoms with Crippen LogP contribution >= 0.6 is 0 Å². The zero-order chi connectivity index (χ0) is 20.7. The number of nitro groups is 1. The number of methoxy groups -OCH3 is 2. The number of carbonyl (C=O) groups is 2. The molecule has 9 nitrogen and oxygen atoms in total. The molecule has 0 spiro atoms. The lowest BCUT2D eigenvalue weighted by Crippen LogP contribution is -2.27. The van der Waals surface area contributed by atoms with E-state index in [4.69, 9.17) is 9.47 Å². The van der Waals surface area contributed by atoms with Crippen LogP contribution in [-0.2, 0) is 4.79 Å². The van der Waals surface area contributed by atoms with Crippen LogP contribution in [0.15, 0.2) is 36.4 Å². The molecule has 0 unspecified atom stereocenters. The molecule has 0 aliphatic heterocycles. The van der Waals surface area contributed by atoms with Crippen molar-refractivity contribution in [2.45, 2.75) is 13.3 Å². The predicted molar refractivity (Wildman–Crippen MR) is 103 cm³/mol. The maximum Gasteiger partial charge on any atom is 0.271 e. The van der Waals surface area contributed by atoms with Crippen molar-refractivity contribution in [1.82, 2.24) is 5.32 Å². The molecule has 2 aromatic rings. The fraction of sp³-hybridized carbons (Fsp3) is 0.263. The van der Waals surface area contributed by atoms with Crippen molar-refractivity contribution in [2.24, 2.45) is 0 Å². The van der Waals surface area contributed by atoms with E-state index in [1.54, 1.807) is 31.2 Å². The van der Waals surface area contributed by atoms with Crippen LogP contribution in [0.3, 0.4) is 0 Å². The van der Waals surface area contributed by atoms with Crippen LogP contribution in [0, 0.1) is 17.0 Å². The molecule has 0 saturated carbocycles. The number of amides is 2. The van der Waals surface area contributed by atoms with Crippen molar-refractivity contribution in [3.05, 3.63) is 57.6 Å². The smallest absolute Gasteiger partial charge is 0.271 e. The predicted octanol–water partition coefficient (Wildman–Crippen LogP) is 2.68. The number of hydrogen-bond donors (Lipinski definition) is 2. The van der Waals surface area contributed by atoms with E-state index in [1.165, 1.54) is 26.4 Å². The van der Waals surface area contributed by atoms with Gasteiger partial charge in [-0.05, 0) is 24.6 Å². The first-order valence-electron chi connectivity index (χ1n) is 8.40. The largest absolute Gasteiger partial charge is 0.497 e. The fourth-order valence-corrected chi connectivity index (χ4v) is 2.40. The van der Waals surface area contributed by atoms with Gasteiger partial charge < -0.3 is 20.1 Å². The summed E-state index contributed by atoms with van der Waals surface area (Å²) >= 11 is 0. The van der Waals surface area contributed by atoms with Crippen molar-refractivity contribution in [3.63, 3.8) is 0 Å². The third kappa shape index (κ3) is 5.44. The molecule has 9 heteroatoms. The number of anilines is 1. The molecule has 0 bridgehead atoms. The number of aryl methyl sites for hydroxylation is 1. The quantitative estimate of drug-likeness (QED) is 0.531. The van der Waals surface area contributed by atoms with Crippen molar-refractivity contribution >= 4 is 23.2 Å². The summed E-state index contributed by atoms with van der Waals surface area (Å²) in [7, 11) is 2.97. The average Bonchev–Trinajstić information content (AvgIpc) is 2.68. The Morgan fingerprint density at radius 2 is 1.71 bits per heavy atom. The molecule has 148 valence electrons. The molecule has 0 aromatic heterocycles. The van der Waals surface area contributed by atoms with E-state index in [1.807, 2.05) is 0 Å². The number of ether oxygens (including phenoxy) is 2. The monoisotopic (exact) mass is 387 g/mol. The minimum Gasteiger partial charge on any atom is -0.497 e. The number of nitrogens with zero attached hydrogens (tertiary/aromatic N) is 1. The molecule has 0 saturated heterocycles. The number of carbonyl (C=O) groups excluding carboxylic acids is 2. The van der Waals surface area contributed by atoms with Gasteiger partial charge in [-0.15, -0.1) is 0 Å². The van der Waals surface area contributed by atoms with Gasteiger partial charge in [-0.2, -0.15) is 0 Å². The molecule has 2 amide bonds. The molecule has 0 aliphatic rings. The van der Waals surface area contributed by atoms with E-state index < -0.39 is 4.92 Å². The number of rotatable bonds is 8. The average molecular weight is 387 g/mol. The number of nitrogens with one attached hydrogen (secondary N) is 2. The summed E-state index contributed by atoms with van der Waals surface area (Å²) in [4.78, 5) is 34.7. The molecule has 28 heavy (non-hydrogen) atoms. The van der Waals surface area contributed by atoms with Gasteiger partial charge in [0.2, 0.25) is 5.91 Å². The molecule has 2 aromatic carbocycles. The van der Waals surface area contributed by atoms with E-state index in [0.717, 1.165) is 0 Å². The minimum absolute atomic E-state index is 0.00890. The third-order valence-electron chi connectivity index (χ3n) is 3.96. The topological polar surface area (TPSA) is 120 Å². The summed E-state index contributed by atoms with van der Waals surface area (Å²) in [6, 6.07) is 8.99. The molecular formula is C19H21N3O6. The summed E-state index contributed by atoms with van der Waals surface area (Å²) in [5.41, 5.74) is 1.29. The Morgan fingerprint density at radius 3 is 2.29 bits per heavy atom. The summed E-state index contributed by atoms with van der Waals surface area (Å²) in [5.74, 6) is 0.204. The zero-order valence-electron chi connectivity index (χ0n) is 15.8.